The van der Waals surface area contributed by atoms with Gasteiger partial charge in [-0.15, -0.1) is 0 Å². The van der Waals surface area contributed by atoms with Crippen LogP contribution in [0, 0.1) is 12.8 Å². The second kappa shape index (κ2) is 7.46. The molecule has 0 radical (unpaired) electrons. The van der Waals surface area contributed by atoms with Gasteiger partial charge in [0.25, 0.3) is 0 Å². The normalized spacial score (nSPS) is 11.0. The van der Waals surface area contributed by atoms with E-state index in [0.29, 0.717) is 5.92 Å². The van der Waals surface area contributed by atoms with Crippen LogP contribution in [0.4, 0.5) is 0 Å². The Bertz CT molecular complexity index is 538. The van der Waals surface area contributed by atoms with Crippen LogP contribution in [0.5, 0.6) is 0 Å². The summed E-state index contributed by atoms with van der Waals surface area (Å²) in [7, 11) is 0. The first-order valence-corrected chi connectivity index (χ1v) is 7.86. The molecule has 0 saturated carbocycles. The molecule has 0 spiro atoms. The Morgan fingerprint density at radius 2 is 1.95 bits per heavy atom. The summed E-state index contributed by atoms with van der Waals surface area (Å²) in [5.74, 6) is 0.678. The molecule has 106 valence electrons. The van der Waals surface area contributed by atoms with Crippen LogP contribution < -0.4 is 5.32 Å². The Hall–Kier alpha value is -1.32. The van der Waals surface area contributed by atoms with Gasteiger partial charge in [-0.25, -0.2) is 4.98 Å². The van der Waals surface area contributed by atoms with Gasteiger partial charge in [-0.05, 0) is 42.6 Å². The third kappa shape index (κ3) is 4.66. The van der Waals surface area contributed by atoms with Crippen molar-refractivity contribution in [1.29, 1.82) is 0 Å². The third-order valence-electron chi connectivity index (χ3n) is 2.93. The van der Waals surface area contributed by atoms with E-state index in [1.54, 1.807) is 11.8 Å². The summed E-state index contributed by atoms with van der Waals surface area (Å²) in [5, 5.41) is 4.54. The minimum atomic E-state index is 0.678. The molecule has 1 aromatic carbocycles. The van der Waals surface area contributed by atoms with Gasteiger partial charge >= 0.3 is 0 Å². The summed E-state index contributed by atoms with van der Waals surface area (Å²) < 4.78 is 0. The van der Waals surface area contributed by atoms with E-state index >= 15 is 0 Å². The molecule has 0 fully saturated rings. The topological polar surface area (TPSA) is 24.9 Å². The molecule has 3 heteroatoms. The molecular weight excluding hydrogens is 264 g/mol. The first-order valence-electron chi connectivity index (χ1n) is 7.04. The monoisotopic (exact) mass is 286 g/mol. The summed E-state index contributed by atoms with van der Waals surface area (Å²) in [5.41, 5.74) is 2.49. The van der Waals surface area contributed by atoms with Crippen molar-refractivity contribution in [2.24, 2.45) is 5.92 Å². The minimum absolute atomic E-state index is 0.678. The van der Waals surface area contributed by atoms with Crippen molar-refractivity contribution in [3.8, 4) is 0 Å². The number of pyridine rings is 1. The number of aryl methyl sites for hydroxylation is 1. The predicted octanol–water partition coefficient (Wildman–Crippen LogP) is 4.29. The molecule has 0 amide bonds. The van der Waals surface area contributed by atoms with Gasteiger partial charge in [0.1, 0.15) is 5.03 Å². The van der Waals surface area contributed by atoms with E-state index < -0.39 is 0 Å². The fourth-order valence-corrected chi connectivity index (χ4v) is 2.77. The van der Waals surface area contributed by atoms with E-state index in [0.717, 1.165) is 18.1 Å². The third-order valence-corrected chi connectivity index (χ3v) is 4.05. The second-order valence-corrected chi connectivity index (χ2v) is 6.47. The van der Waals surface area contributed by atoms with Crippen LogP contribution in [0.15, 0.2) is 52.5 Å². The van der Waals surface area contributed by atoms with Gasteiger partial charge in [0.2, 0.25) is 0 Å². The Morgan fingerprint density at radius 1 is 1.20 bits per heavy atom. The van der Waals surface area contributed by atoms with Crippen LogP contribution in [0.3, 0.4) is 0 Å². The number of benzene rings is 1. The average Bonchev–Trinajstić information content (AvgIpc) is 2.42. The Balaban J connectivity index is 1.99. The molecule has 0 saturated heterocycles. The standard InChI is InChI=1S/C17H22N2S/c1-13(2)10-18-11-15-9-14(3)17(19-12-15)20-16-7-5-4-6-8-16/h4-9,12-13,18H,10-11H2,1-3H3. The lowest BCUT2D eigenvalue weighted by molar-refractivity contribution is 0.551. The second-order valence-electron chi connectivity index (χ2n) is 5.41. The number of aromatic nitrogens is 1. The van der Waals surface area contributed by atoms with E-state index in [1.807, 2.05) is 12.3 Å². The molecule has 1 N–H and O–H groups in total. The van der Waals surface area contributed by atoms with Gasteiger partial charge in [0.15, 0.2) is 0 Å². The highest BCUT2D eigenvalue weighted by molar-refractivity contribution is 7.99. The van der Waals surface area contributed by atoms with Crippen molar-refractivity contribution in [3.63, 3.8) is 0 Å². The SMILES string of the molecule is Cc1cc(CNCC(C)C)cnc1Sc1ccccc1. The highest BCUT2D eigenvalue weighted by Gasteiger charge is 2.04. The highest BCUT2D eigenvalue weighted by Crippen LogP contribution is 2.28. The van der Waals surface area contributed by atoms with Crippen LogP contribution in [-0.4, -0.2) is 11.5 Å². The maximum Gasteiger partial charge on any atom is 0.104 e. The number of hydrogen-bond acceptors (Lipinski definition) is 3. The van der Waals surface area contributed by atoms with Gasteiger partial charge in [-0.3, -0.25) is 0 Å². The molecule has 1 aromatic heterocycles. The van der Waals surface area contributed by atoms with Gasteiger partial charge in [-0.2, -0.15) is 0 Å². The molecule has 0 bridgehead atoms. The summed E-state index contributed by atoms with van der Waals surface area (Å²) in [6.07, 6.45) is 1.98. The van der Waals surface area contributed by atoms with E-state index in [1.165, 1.54) is 16.0 Å². The molecule has 0 aliphatic heterocycles. The Morgan fingerprint density at radius 3 is 2.60 bits per heavy atom. The first kappa shape index (κ1) is 15.1. The molecule has 2 aromatic rings. The highest BCUT2D eigenvalue weighted by atomic mass is 32.2. The number of nitrogens with one attached hydrogen (secondary N) is 1. The van der Waals surface area contributed by atoms with E-state index in [9.17, 15) is 0 Å². The molecule has 2 rings (SSSR count). The number of hydrogen-bond donors (Lipinski definition) is 1. The van der Waals surface area contributed by atoms with E-state index in [4.69, 9.17) is 0 Å². The van der Waals surface area contributed by atoms with E-state index in [2.05, 4.69) is 61.4 Å². The Kier molecular flexibility index (Phi) is 5.62. The van der Waals surface area contributed by atoms with Crippen LogP contribution in [0.2, 0.25) is 0 Å². The molecule has 20 heavy (non-hydrogen) atoms. The van der Waals surface area contributed by atoms with Crippen molar-refractivity contribution < 1.29 is 0 Å². The lowest BCUT2D eigenvalue weighted by atomic mass is 10.2. The van der Waals surface area contributed by atoms with E-state index in [-0.39, 0.29) is 0 Å². The van der Waals surface area contributed by atoms with Crippen molar-refractivity contribution in [3.05, 3.63) is 53.7 Å². The minimum Gasteiger partial charge on any atom is -0.312 e. The molecule has 0 aliphatic carbocycles. The molecule has 0 atom stereocenters. The van der Waals surface area contributed by atoms with Crippen LogP contribution in [0.25, 0.3) is 0 Å². The molecule has 2 nitrogen and oxygen atoms in total. The zero-order valence-electron chi connectivity index (χ0n) is 12.4. The molecule has 0 aliphatic rings. The molecule has 0 unspecified atom stereocenters. The molecular formula is C17H22N2S. The lowest BCUT2D eigenvalue weighted by Gasteiger charge is -2.10. The van der Waals surface area contributed by atoms with Gasteiger partial charge in [0.05, 0.1) is 0 Å². The van der Waals surface area contributed by atoms with Gasteiger partial charge < -0.3 is 5.32 Å². The number of rotatable bonds is 6. The summed E-state index contributed by atoms with van der Waals surface area (Å²) in [6.45, 7) is 8.50. The largest absolute Gasteiger partial charge is 0.312 e. The Labute approximate surface area is 126 Å². The van der Waals surface area contributed by atoms with Crippen LogP contribution in [-0.2, 0) is 6.54 Å². The van der Waals surface area contributed by atoms with Crippen LogP contribution in [0.1, 0.15) is 25.0 Å². The smallest absolute Gasteiger partial charge is 0.104 e. The molecule has 1 heterocycles. The van der Waals surface area contributed by atoms with Gasteiger partial charge in [0, 0.05) is 17.6 Å². The lowest BCUT2D eigenvalue weighted by Crippen LogP contribution is -2.19. The maximum absolute atomic E-state index is 4.59. The van der Waals surface area contributed by atoms with Crippen molar-refractivity contribution in [2.45, 2.75) is 37.2 Å². The predicted molar refractivity (Wildman–Crippen MR) is 86.1 cm³/mol. The average molecular weight is 286 g/mol. The van der Waals surface area contributed by atoms with Gasteiger partial charge in [-0.1, -0.05) is 49.9 Å². The zero-order valence-corrected chi connectivity index (χ0v) is 13.2. The number of nitrogens with zero attached hydrogens (tertiary/aromatic N) is 1. The fourth-order valence-electron chi connectivity index (χ4n) is 1.93. The van der Waals surface area contributed by atoms with Crippen molar-refractivity contribution in [1.82, 2.24) is 10.3 Å². The first-order chi connectivity index (χ1) is 9.65. The van der Waals surface area contributed by atoms with Crippen molar-refractivity contribution >= 4 is 11.8 Å². The van der Waals surface area contributed by atoms with Crippen LogP contribution >= 0.6 is 11.8 Å². The zero-order chi connectivity index (χ0) is 14.4. The van der Waals surface area contributed by atoms with Crippen molar-refractivity contribution in [2.75, 3.05) is 6.54 Å². The summed E-state index contributed by atoms with van der Waals surface area (Å²) in [6, 6.07) is 12.6. The fraction of sp³-hybridized carbons (Fsp3) is 0.353. The summed E-state index contributed by atoms with van der Waals surface area (Å²) >= 11 is 1.72. The quantitative estimate of drug-likeness (QED) is 0.857. The maximum atomic E-state index is 4.59. The summed E-state index contributed by atoms with van der Waals surface area (Å²) in [4.78, 5) is 5.82.